The van der Waals surface area contributed by atoms with E-state index in [0.29, 0.717) is 28.3 Å². The molecule has 2 atom stereocenters. The average Bonchev–Trinajstić information content (AvgIpc) is 3.30. The molecule has 0 bridgehead atoms. The fourth-order valence-electron chi connectivity index (χ4n) is 3.04. The summed E-state index contributed by atoms with van der Waals surface area (Å²) in [5, 5.41) is 8.91. The van der Waals surface area contributed by atoms with E-state index in [1.54, 1.807) is 6.07 Å². The van der Waals surface area contributed by atoms with E-state index in [1.165, 1.54) is 24.8 Å². The van der Waals surface area contributed by atoms with Crippen LogP contribution in [0.1, 0.15) is 29.7 Å². The Morgan fingerprint density at radius 2 is 1.85 bits per heavy atom. The van der Waals surface area contributed by atoms with Gasteiger partial charge in [0.05, 0.1) is 7.11 Å². The number of aromatic nitrogens is 2. The smallest absolute Gasteiger partial charge is 0.387 e. The summed E-state index contributed by atoms with van der Waals surface area (Å²) >= 11 is 5.92. The lowest BCUT2D eigenvalue weighted by Crippen LogP contribution is -2.03. The molecule has 140 valence electrons. The van der Waals surface area contributed by atoms with Gasteiger partial charge >= 0.3 is 6.61 Å². The van der Waals surface area contributed by atoms with E-state index in [1.807, 2.05) is 24.3 Å². The van der Waals surface area contributed by atoms with Crippen LogP contribution in [0, 0.1) is 0 Å². The van der Waals surface area contributed by atoms with Crippen LogP contribution < -0.4 is 9.47 Å². The SMILES string of the molecule is COc1cc(-c2nnc(C3CC3c3ccc(Cl)cc3)o2)ccc1OC(F)F. The van der Waals surface area contributed by atoms with Crippen LogP contribution in [0.2, 0.25) is 5.02 Å². The minimum Gasteiger partial charge on any atom is -0.493 e. The van der Waals surface area contributed by atoms with Crippen molar-refractivity contribution in [3.05, 3.63) is 58.9 Å². The summed E-state index contributed by atoms with van der Waals surface area (Å²) in [5.41, 5.74) is 1.75. The van der Waals surface area contributed by atoms with Crippen LogP contribution in [0.25, 0.3) is 11.5 Å². The monoisotopic (exact) mass is 392 g/mol. The Hall–Kier alpha value is -2.67. The predicted molar refractivity (Wildman–Crippen MR) is 94.5 cm³/mol. The maximum Gasteiger partial charge on any atom is 0.387 e. The van der Waals surface area contributed by atoms with Gasteiger partial charge in [0.15, 0.2) is 11.5 Å². The molecule has 2 unspecified atom stereocenters. The third-order valence-electron chi connectivity index (χ3n) is 4.47. The Bertz CT molecular complexity index is 946. The third kappa shape index (κ3) is 3.73. The van der Waals surface area contributed by atoms with Gasteiger partial charge in [-0.15, -0.1) is 10.2 Å². The highest BCUT2D eigenvalue weighted by Crippen LogP contribution is 2.54. The van der Waals surface area contributed by atoms with E-state index in [-0.39, 0.29) is 17.4 Å². The quantitative estimate of drug-likeness (QED) is 0.572. The summed E-state index contributed by atoms with van der Waals surface area (Å²) in [4.78, 5) is 0. The van der Waals surface area contributed by atoms with Crippen molar-refractivity contribution in [1.82, 2.24) is 10.2 Å². The molecule has 1 saturated carbocycles. The highest BCUT2D eigenvalue weighted by atomic mass is 35.5. The third-order valence-corrected chi connectivity index (χ3v) is 4.73. The van der Waals surface area contributed by atoms with Gasteiger partial charge in [0.25, 0.3) is 0 Å². The second-order valence-electron chi connectivity index (χ2n) is 6.19. The Labute approximate surface area is 158 Å². The van der Waals surface area contributed by atoms with Crippen molar-refractivity contribution in [1.29, 1.82) is 0 Å². The molecular formula is C19H15ClF2N2O3. The van der Waals surface area contributed by atoms with Crippen molar-refractivity contribution < 1.29 is 22.7 Å². The summed E-state index contributed by atoms with van der Waals surface area (Å²) in [7, 11) is 1.37. The summed E-state index contributed by atoms with van der Waals surface area (Å²) in [6.45, 7) is -2.93. The molecule has 0 radical (unpaired) electrons. The molecule has 0 amide bonds. The first kappa shape index (κ1) is 17.7. The first-order valence-electron chi connectivity index (χ1n) is 8.27. The van der Waals surface area contributed by atoms with Gasteiger partial charge < -0.3 is 13.9 Å². The average molecular weight is 393 g/mol. The molecule has 4 rings (SSSR count). The molecular weight excluding hydrogens is 378 g/mol. The second kappa shape index (κ2) is 7.15. The van der Waals surface area contributed by atoms with Gasteiger partial charge in [0.1, 0.15) is 0 Å². The predicted octanol–water partition coefficient (Wildman–Crippen LogP) is 5.27. The number of rotatable bonds is 6. The van der Waals surface area contributed by atoms with Crippen molar-refractivity contribution in [2.45, 2.75) is 24.9 Å². The van der Waals surface area contributed by atoms with E-state index in [4.69, 9.17) is 20.8 Å². The Kier molecular flexibility index (Phi) is 4.70. The minimum absolute atomic E-state index is 0.0546. The first-order valence-corrected chi connectivity index (χ1v) is 8.65. The summed E-state index contributed by atoms with van der Waals surface area (Å²) in [6.07, 6.45) is 0.924. The number of alkyl halides is 2. The number of hydrogen-bond acceptors (Lipinski definition) is 5. The molecule has 1 aliphatic rings. The number of methoxy groups -OCH3 is 1. The molecule has 0 aliphatic heterocycles. The molecule has 0 spiro atoms. The van der Waals surface area contributed by atoms with Gasteiger partial charge in [-0.1, -0.05) is 23.7 Å². The van der Waals surface area contributed by atoms with Crippen molar-refractivity contribution in [2.75, 3.05) is 7.11 Å². The molecule has 0 saturated heterocycles. The normalized spacial score (nSPS) is 18.6. The number of benzene rings is 2. The van der Waals surface area contributed by atoms with Gasteiger partial charge in [-0.05, 0) is 48.2 Å². The Morgan fingerprint density at radius 3 is 2.56 bits per heavy atom. The van der Waals surface area contributed by atoms with Gasteiger partial charge in [-0.25, -0.2) is 0 Å². The second-order valence-corrected chi connectivity index (χ2v) is 6.63. The number of hydrogen-bond donors (Lipinski definition) is 0. The molecule has 1 heterocycles. The van der Waals surface area contributed by atoms with Crippen molar-refractivity contribution in [3.8, 4) is 23.0 Å². The standard InChI is InChI=1S/C19H15ClF2N2O3/c1-25-16-8-11(4-7-15(16)26-19(21)22)17-23-24-18(27-17)14-9-13(14)10-2-5-12(20)6-3-10/h2-8,13-14,19H,9H2,1H3. The highest BCUT2D eigenvalue weighted by molar-refractivity contribution is 6.30. The first-order chi connectivity index (χ1) is 13.0. The van der Waals surface area contributed by atoms with E-state index in [9.17, 15) is 8.78 Å². The van der Waals surface area contributed by atoms with Crippen LogP contribution in [-0.2, 0) is 0 Å². The lowest BCUT2D eigenvalue weighted by molar-refractivity contribution is -0.0512. The topological polar surface area (TPSA) is 57.4 Å². The molecule has 1 fully saturated rings. The van der Waals surface area contributed by atoms with Crippen molar-refractivity contribution >= 4 is 11.6 Å². The molecule has 1 aliphatic carbocycles. The number of nitrogens with zero attached hydrogens (tertiary/aromatic N) is 2. The molecule has 0 N–H and O–H groups in total. The molecule has 3 aromatic rings. The maximum absolute atomic E-state index is 12.4. The summed E-state index contributed by atoms with van der Waals surface area (Å²) in [5.74, 6) is 1.45. The minimum atomic E-state index is -2.93. The van der Waals surface area contributed by atoms with Crippen LogP contribution in [-0.4, -0.2) is 23.9 Å². The zero-order valence-corrected chi connectivity index (χ0v) is 15.0. The van der Waals surface area contributed by atoms with Crippen molar-refractivity contribution in [2.24, 2.45) is 0 Å². The molecule has 2 aromatic carbocycles. The van der Waals surface area contributed by atoms with Crippen LogP contribution in [0.15, 0.2) is 46.9 Å². The molecule has 1 aromatic heterocycles. The number of ether oxygens (including phenoxy) is 2. The lowest BCUT2D eigenvalue weighted by atomic mass is 10.1. The Morgan fingerprint density at radius 1 is 1.07 bits per heavy atom. The molecule has 5 nitrogen and oxygen atoms in total. The van der Waals surface area contributed by atoms with Crippen molar-refractivity contribution in [3.63, 3.8) is 0 Å². The van der Waals surface area contributed by atoms with Crippen LogP contribution in [0.5, 0.6) is 11.5 Å². The molecule has 8 heteroatoms. The zero-order valence-electron chi connectivity index (χ0n) is 14.2. The summed E-state index contributed by atoms with van der Waals surface area (Å²) < 4.78 is 40.2. The number of halogens is 3. The van der Waals surface area contributed by atoms with Crippen LogP contribution in [0.3, 0.4) is 0 Å². The Balaban J connectivity index is 1.52. The maximum atomic E-state index is 12.4. The van der Waals surface area contributed by atoms with E-state index in [0.717, 1.165) is 6.42 Å². The van der Waals surface area contributed by atoms with E-state index < -0.39 is 6.61 Å². The van der Waals surface area contributed by atoms with Gasteiger partial charge in [0.2, 0.25) is 11.8 Å². The van der Waals surface area contributed by atoms with E-state index >= 15 is 0 Å². The highest BCUT2D eigenvalue weighted by Gasteiger charge is 2.43. The largest absolute Gasteiger partial charge is 0.493 e. The van der Waals surface area contributed by atoms with Gasteiger partial charge in [0, 0.05) is 16.5 Å². The van der Waals surface area contributed by atoms with Crippen LogP contribution in [0.4, 0.5) is 8.78 Å². The van der Waals surface area contributed by atoms with Gasteiger partial charge in [-0.2, -0.15) is 8.78 Å². The van der Waals surface area contributed by atoms with Gasteiger partial charge in [-0.3, -0.25) is 0 Å². The fourth-order valence-corrected chi connectivity index (χ4v) is 3.17. The summed E-state index contributed by atoms with van der Waals surface area (Å²) in [6, 6.07) is 12.2. The fraction of sp³-hybridized carbons (Fsp3) is 0.263. The lowest BCUT2D eigenvalue weighted by Gasteiger charge is -2.10. The molecule has 27 heavy (non-hydrogen) atoms. The zero-order chi connectivity index (χ0) is 19.0. The van der Waals surface area contributed by atoms with E-state index in [2.05, 4.69) is 14.9 Å². The van der Waals surface area contributed by atoms with Crippen LogP contribution >= 0.6 is 11.6 Å².